The van der Waals surface area contributed by atoms with Gasteiger partial charge in [-0.05, 0) is 19.3 Å². The second-order valence-corrected chi connectivity index (χ2v) is 5.01. The van der Waals surface area contributed by atoms with Crippen molar-refractivity contribution in [1.82, 2.24) is 5.32 Å². The van der Waals surface area contributed by atoms with Crippen molar-refractivity contribution in [3.8, 4) is 0 Å². The van der Waals surface area contributed by atoms with Gasteiger partial charge in [0, 0.05) is 12.0 Å². The lowest BCUT2D eigenvalue weighted by molar-refractivity contribution is -0.143. The molecule has 0 unspecified atom stereocenters. The van der Waals surface area contributed by atoms with Crippen LogP contribution < -0.4 is 5.32 Å². The Morgan fingerprint density at radius 2 is 1.93 bits per heavy atom. The zero-order valence-corrected chi connectivity index (χ0v) is 9.59. The Balaban J connectivity index is 2.45. The van der Waals surface area contributed by atoms with E-state index in [9.17, 15) is 9.59 Å². The van der Waals surface area contributed by atoms with E-state index in [2.05, 4.69) is 5.32 Å². The number of rotatable bonds is 5. The van der Waals surface area contributed by atoms with Gasteiger partial charge in [0.2, 0.25) is 5.91 Å². The van der Waals surface area contributed by atoms with Gasteiger partial charge in [-0.1, -0.05) is 20.8 Å². The van der Waals surface area contributed by atoms with Gasteiger partial charge in [0.15, 0.2) is 0 Å². The Morgan fingerprint density at radius 1 is 1.40 bits per heavy atom. The van der Waals surface area contributed by atoms with Gasteiger partial charge in [-0.15, -0.1) is 0 Å². The first-order valence-corrected chi connectivity index (χ1v) is 5.36. The summed E-state index contributed by atoms with van der Waals surface area (Å²) in [7, 11) is 0. The van der Waals surface area contributed by atoms with Crippen LogP contribution in [0.25, 0.3) is 0 Å². The monoisotopic (exact) mass is 213 g/mol. The van der Waals surface area contributed by atoms with Crippen molar-refractivity contribution < 1.29 is 14.7 Å². The molecule has 0 radical (unpaired) electrons. The van der Waals surface area contributed by atoms with Crippen molar-refractivity contribution >= 4 is 11.9 Å². The Hall–Kier alpha value is -1.06. The summed E-state index contributed by atoms with van der Waals surface area (Å²) < 4.78 is 0. The van der Waals surface area contributed by atoms with E-state index in [1.807, 2.05) is 20.8 Å². The van der Waals surface area contributed by atoms with Crippen molar-refractivity contribution in [2.75, 3.05) is 6.54 Å². The first kappa shape index (κ1) is 12.0. The van der Waals surface area contributed by atoms with E-state index in [1.54, 1.807) is 0 Å². The van der Waals surface area contributed by atoms with Crippen molar-refractivity contribution in [3.63, 3.8) is 0 Å². The van der Waals surface area contributed by atoms with Gasteiger partial charge < -0.3 is 10.4 Å². The molecule has 1 aliphatic carbocycles. The number of hydrogen-bond acceptors (Lipinski definition) is 2. The number of aliphatic carboxylic acids is 1. The molecule has 4 nitrogen and oxygen atoms in total. The third-order valence-electron chi connectivity index (χ3n) is 3.39. The lowest BCUT2D eigenvalue weighted by Crippen LogP contribution is -2.41. The molecule has 0 heterocycles. The Kier molecular flexibility index (Phi) is 3.07. The van der Waals surface area contributed by atoms with Crippen LogP contribution in [-0.2, 0) is 9.59 Å². The van der Waals surface area contributed by atoms with Crippen LogP contribution >= 0.6 is 0 Å². The zero-order valence-electron chi connectivity index (χ0n) is 9.59. The summed E-state index contributed by atoms with van der Waals surface area (Å²) in [6, 6.07) is 0. The highest BCUT2D eigenvalue weighted by atomic mass is 16.4. The Morgan fingerprint density at radius 3 is 2.27 bits per heavy atom. The lowest BCUT2D eigenvalue weighted by atomic mass is 9.89. The number of hydrogen-bond donors (Lipinski definition) is 2. The third kappa shape index (κ3) is 2.49. The molecule has 0 aromatic carbocycles. The zero-order chi connectivity index (χ0) is 11.7. The molecule has 0 saturated heterocycles. The predicted octanol–water partition coefficient (Wildman–Crippen LogP) is 1.40. The van der Waals surface area contributed by atoms with Crippen molar-refractivity contribution in [2.24, 2.45) is 10.8 Å². The quantitative estimate of drug-likeness (QED) is 0.725. The highest BCUT2D eigenvalue weighted by Crippen LogP contribution is 2.45. The molecule has 15 heavy (non-hydrogen) atoms. The number of nitrogens with one attached hydrogen (secondary N) is 1. The Bertz CT molecular complexity index is 280. The highest BCUT2D eigenvalue weighted by Gasteiger charge is 2.50. The number of carbonyl (C=O) groups excluding carboxylic acids is 1. The molecular weight excluding hydrogens is 194 g/mol. The average Bonchev–Trinajstić information content (AvgIpc) is 2.95. The van der Waals surface area contributed by atoms with Crippen LogP contribution in [0.5, 0.6) is 0 Å². The summed E-state index contributed by atoms with van der Waals surface area (Å²) in [6.45, 7) is 5.94. The van der Waals surface area contributed by atoms with Gasteiger partial charge in [-0.25, -0.2) is 0 Å². The second-order valence-electron chi connectivity index (χ2n) is 5.01. The van der Waals surface area contributed by atoms with Crippen LogP contribution in [0, 0.1) is 10.8 Å². The van der Waals surface area contributed by atoms with Crippen LogP contribution in [0.1, 0.15) is 40.0 Å². The molecule has 1 rings (SSSR count). The second kappa shape index (κ2) is 3.83. The van der Waals surface area contributed by atoms with E-state index in [4.69, 9.17) is 5.11 Å². The maximum absolute atomic E-state index is 11.7. The first-order valence-electron chi connectivity index (χ1n) is 5.36. The van der Waals surface area contributed by atoms with Gasteiger partial charge in [-0.2, -0.15) is 0 Å². The van der Waals surface area contributed by atoms with E-state index < -0.39 is 16.8 Å². The minimum atomic E-state index is -0.794. The molecule has 0 spiro atoms. The number of carboxylic acids is 1. The van der Waals surface area contributed by atoms with Crippen molar-refractivity contribution in [2.45, 2.75) is 40.0 Å². The molecule has 2 N–H and O–H groups in total. The minimum Gasteiger partial charge on any atom is -0.481 e. The maximum Gasteiger partial charge on any atom is 0.311 e. The molecule has 86 valence electrons. The van der Waals surface area contributed by atoms with E-state index in [0.717, 1.165) is 6.42 Å². The highest BCUT2D eigenvalue weighted by molar-refractivity contribution is 5.83. The summed E-state index contributed by atoms with van der Waals surface area (Å²) in [4.78, 5) is 22.6. The van der Waals surface area contributed by atoms with Gasteiger partial charge in [0.05, 0.1) is 5.41 Å². The van der Waals surface area contributed by atoms with Crippen LogP contribution in [0.4, 0.5) is 0 Å². The Labute approximate surface area is 90.0 Å². The van der Waals surface area contributed by atoms with Crippen LogP contribution in [0.3, 0.4) is 0 Å². The van der Waals surface area contributed by atoms with Crippen LogP contribution in [-0.4, -0.2) is 23.5 Å². The normalized spacial score (nSPS) is 18.3. The molecule has 0 bridgehead atoms. The fraction of sp³-hybridized carbons (Fsp3) is 0.818. The minimum absolute atomic E-state index is 0.0578. The standard InChI is InChI=1S/C11H19NO3/c1-4-10(2,3)8(13)12-7-11(5-6-11)9(14)15/h4-7H2,1-3H3,(H,12,13)(H,14,15). The van der Waals surface area contributed by atoms with Crippen LogP contribution in [0.2, 0.25) is 0 Å². The summed E-state index contributed by atoms with van der Waals surface area (Å²) in [5, 5.41) is 11.7. The molecule has 1 saturated carbocycles. The van der Waals surface area contributed by atoms with Crippen molar-refractivity contribution in [1.29, 1.82) is 0 Å². The van der Waals surface area contributed by atoms with E-state index >= 15 is 0 Å². The molecule has 1 amide bonds. The third-order valence-corrected chi connectivity index (χ3v) is 3.39. The van der Waals surface area contributed by atoms with E-state index in [1.165, 1.54) is 0 Å². The average molecular weight is 213 g/mol. The molecular formula is C11H19NO3. The fourth-order valence-electron chi connectivity index (χ4n) is 1.27. The van der Waals surface area contributed by atoms with E-state index in [0.29, 0.717) is 12.8 Å². The molecule has 4 heteroatoms. The first-order chi connectivity index (χ1) is 6.84. The largest absolute Gasteiger partial charge is 0.481 e. The molecule has 0 aliphatic heterocycles. The number of amides is 1. The topological polar surface area (TPSA) is 66.4 Å². The van der Waals surface area contributed by atoms with Gasteiger partial charge in [0.25, 0.3) is 0 Å². The van der Waals surface area contributed by atoms with Crippen LogP contribution in [0.15, 0.2) is 0 Å². The molecule has 1 fully saturated rings. The predicted molar refractivity (Wildman–Crippen MR) is 56.4 cm³/mol. The van der Waals surface area contributed by atoms with Gasteiger partial charge >= 0.3 is 5.97 Å². The van der Waals surface area contributed by atoms with Crippen molar-refractivity contribution in [3.05, 3.63) is 0 Å². The summed E-state index contributed by atoms with van der Waals surface area (Å²) in [6.07, 6.45) is 2.10. The summed E-state index contributed by atoms with van der Waals surface area (Å²) >= 11 is 0. The SMILES string of the molecule is CCC(C)(C)C(=O)NCC1(C(=O)O)CC1. The summed E-state index contributed by atoms with van der Waals surface area (Å²) in [5.41, 5.74) is -1.08. The molecule has 0 aromatic rings. The maximum atomic E-state index is 11.7. The van der Waals surface area contributed by atoms with Gasteiger partial charge in [-0.3, -0.25) is 9.59 Å². The number of carboxylic acid groups (broad SMARTS) is 1. The number of carbonyl (C=O) groups is 2. The molecule has 0 atom stereocenters. The molecule has 0 aromatic heterocycles. The molecule has 1 aliphatic rings. The summed E-state index contributed by atoms with van der Waals surface area (Å²) in [5.74, 6) is -0.852. The van der Waals surface area contributed by atoms with E-state index in [-0.39, 0.29) is 12.5 Å². The lowest BCUT2D eigenvalue weighted by Gasteiger charge is -2.22. The smallest absolute Gasteiger partial charge is 0.311 e. The fourth-order valence-corrected chi connectivity index (χ4v) is 1.27. The van der Waals surface area contributed by atoms with Gasteiger partial charge in [0.1, 0.15) is 0 Å².